The highest BCUT2D eigenvalue weighted by atomic mass is 35.7. The number of rotatable bonds is 2. The Hall–Kier alpha value is -0.950. The van der Waals surface area contributed by atoms with Crippen molar-refractivity contribution < 1.29 is 22.3 Å². The van der Waals surface area contributed by atoms with E-state index < -0.39 is 31.8 Å². The van der Waals surface area contributed by atoms with Crippen molar-refractivity contribution in [1.82, 2.24) is 4.98 Å². The fourth-order valence-corrected chi connectivity index (χ4v) is 1.88. The molecule has 0 aliphatic carbocycles. The maximum Gasteiger partial charge on any atom is 0.282 e. The number of alkyl halides is 2. The molecular weight excluding hydrogens is 252 g/mol. The minimum Gasteiger partial charge on any atom is -0.505 e. The Kier molecular flexibility index (Phi) is 3.15. The summed E-state index contributed by atoms with van der Waals surface area (Å²) >= 11 is 0. The second kappa shape index (κ2) is 3.90. The van der Waals surface area contributed by atoms with Crippen molar-refractivity contribution in [3.63, 3.8) is 0 Å². The number of pyridine rings is 1. The Morgan fingerprint density at radius 1 is 1.53 bits per heavy atom. The molecule has 0 amide bonds. The predicted molar refractivity (Wildman–Crippen MR) is 48.6 cm³/mol. The average Bonchev–Trinajstić information content (AvgIpc) is 2.06. The first kappa shape index (κ1) is 12.1. The zero-order valence-electron chi connectivity index (χ0n) is 7.41. The number of aromatic hydroxyl groups is 1. The van der Waals surface area contributed by atoms with Gasteiger partial charge in [0.15, 0.2) is 5.75 Å². The zero-order chi connectivity index (χ0) is 11.8. The van der Waals surface area contributed by atoms with Crippen molar-refractivity contribution in [1.29, 1.82) is 0 Å². The van der Waals surface area contributed by atoms with Crippen LogP contribution in [0.3, 0.4) is 0 Å². The highest BCUT2D eigenvalue weighted by Gasteiger charge is 2.22. The van der Waals surface area contributed by atoms with E-state index in [-0.39, 0.29) is 5.69 Å². The highest BCUT2D eigenvalue weighted by Crippen LogP contribution is 2.30. The number of halogens is 3. The predicted octanol–water partition coefficient (Wildman–Crippen LogP) is 1.96. The molecule has 0 saturated carbocycles. The molecule has 8 heteroatoms. The Bertz CT molecular complexity index is 489. The summed E-state index contributed by atoms with van der Waals surface area (Å²) in [4.78, 5) is 3.32. The van der Waals surface area contributed by atoms with E-state index in [9.17, 15) is 17.2 Å². The Morgan fingerprint density at radius 2 is 2.07 bits per heavy atom. The molecule has 1 rings (SSSR count). The third kappa shape index (κ3) is 2.54. The standard InChI is InChI=1S/C7H6ClF2NO3S/c1-3-4(6(9)10)2-5(12)7(11-3)15(8,13)14/h2,6,12H,1H3. The summed E-state index contributed by atoms with van der Waals surface area (Å²) in [6, 6.07) is 0.641. The molecule has 0 aliphatic rings. The van der Waals surface area contributed by atoms with Crippen molar-refractivity contribution >= 4 is 19.7 Å². The van der Waals surface area contributed by atoms with E-state index in [4.69, 9.17) is 15.8 Å². The molecule has 4 nitrogen and oxygen atoms in total. The molecule has 0 radical (unpaired) electrons. The molecule has 1 N–H and O–H groups in total. The van der Waals surface area contributed by atoms with Gasteiger partial charge in [0, 0.05) is 21.9 Å². The van der Waals surface area contributed by atoms with Crippen LogP contribution in [0.25, 0.3) is 0 Å². The summed E-state index contributed by atoms with van der Waals surface area (Å²) in [5.74, 6) is -0.883. The van der Waals surface area contributed by atoms with Crippen molar-refractivity contribution in [3.05, 3.63) is 17.3 Å². The maximum atomic E-state index is 12.3. The Labute approximate surface area is 88.9 Å². The molecule has 0 saturated heterocycles. The normalized spacial score (nSPS) is 12.1. The van der Waals surface area contributed by atoms with Crippen molar-refractivity contribution in [2.45, 2.75) is 18.4 Å². The highest BCUT2D eigenvalue weighted by molar-refractivity contribution is 8.13. The van der Waals surface area contributed by atoms with Gasteiger partial charge in [-0.2, -0.15) is 0 Å². The van der Waals surface area contributed by atoms with Gasteiger partial charge in [-0.3, -0.25) is 0 Å². The minimum absolute atomic E-state index is 0.193. The number of aromatic nitrogens is 1. The van der Waals surface area contributed by atoms with Gasteiger partial charge in [0.25, 0.3) is 15.5 Å². The van der Waals surface area contributed by atoms with Crippen LogP contribution in [0.1, 0.15) is 17.7 Å². The topological polar surface area (TPSA) is 67.3 Å². The van der Waals surface area contributed by atoms with Crippen LogP contribution >= 0.6 is 10.7 Å². The molecule has 0 bridgehead atoms. The number of aryl methyl sites for hydroxylation is 1. The number of nitrogens with zero attached hydrogens (tertiary/aromatic N) is 1. The molecule has 1 heterocycles. The first-order chi connectivity index (χ1) is 6.73. The minimum atomic E-state index is -4.23. The zero-order valence-corrected chi connectivity index (χ0v) is 8.98. The number of hydrogen-bond donors (Lipinski definition) is 1. The number of hydrogen-bond acceptors (Lipinski definition) is 4. The quantitative estimate of drug-likeness (QED) is 0.823. The summed E-state index contributed by atoms with van der Waals surface area (Å²) < 4.78 is 46.3. The lowest BCUT2D eigenvalue weighted by molar-refractivity contribution is 0.149. The van der Waals surface area contributed by atoms with E-state index in [1.54, 1.807) is 0 Å². The van der Waals surface area contributed by atoms with Crippen LogP contribution in [-0.4, -0.2) is 18.5 Å². The van der Waals surface area contributed by atoms with Crippen LogP contribution in [-0.2, 0) is 9.05 Å². The maximum absolute atomic E-state index is 12.3. The summed E-state index contributed by atoms with van der Waals surface area (Å²) in [6.45, 7) is 1.20. The molecule has 1 aromatic heterocycles. The lowest BCUT2D eigenvalue weighted by atomic mass is 10.2. The van der Waals surface area contributed by atoms with Crippen molar-refractivity contribution in [2.24, 2.45) is 0 Å². The van der Waals surface area contributed by atoms with Gasteiger partial charge >= 0.3 is 0 Å². The molecule has 0 spiro atoms. The molecule has 0 aromatic carbocycles. The van der Waals surface area contributed by atoms with Crippen LogP contribution in [0.5, 0.6) is 5.75 Å². The lowest BCUT2D eigenvalue weighted by Crippen LogP contribution is -2.01. The van der Waals surface area contributed by atoms with Gasteiger partial charge < -0.3 is 5.11 Å². The van der Waals surface area contributed by atoms with E-state index in [0.29, 0.717) is 6.07 Å². The van der Waals surface area contributed by atoms with Crippen LogP contribution in [0.4, 0.5) is 8.78 Å². The molecule has 0 unspecified atom stereocenters. The summed E-state index contributed by atoms with van der Waals surface area (Å²) in [6.07, 6.45) is -2.84. The fraction of sp³-hybridized carbons (Fsp3) is 0.286. The SMILES string of the molecule is Cc1nc(S(=O)(=O)Cl)c(O)cc1C(F)F. The first-order valence-corrected chi connectivity index (χ1v) is 5.97. The van der Waals surface area contributed by atoms with E-state index in [2.05, 4.69) is 4.98 Å². The van der Waals surface area contributed by atoms with Crippen LogP contribution in [0.2, 0.25) is 0 Å². The second-order valence-electron chi connectivity index (χ2n) is 2.73. The average molecular weight is 258 g/mol. The van der Waals surface area contributed by atoms with Gasteiger partial charge in [0.05, 0.1) is 0 Å². The summed E-state index contributed by atoms with van der Waals surface area (Å²) in [5, 5.41) is 8.33. The lowest BCUT2D eigenvalue weighted by Gasteiger charge is -2.06. The van der Waals surface area contributed by atoms with Crippen LogP contribution in [0.15, 0.2) is 11.1 Å². The van der Waals surface area contributed by atoms with E-state index >= 15 is 0 Å². The Morgan fingerprint density at radius 3 is 2.47 bits per heavy atom. The van der Waals surface area contributed by atoms with Gasteiger partial charge in [0.1, 0.15) is 0 Å². The molecule has 0 atom stereocenters. The Balaban J connectivity index is 3.46. The third-order valence-electron chi connectivity index (χ3n) is 1.66. The summed E-state index contributed by atoms with van der Waals surface area (Å²) in [5.41, 5.74) is -0.724. The molecule has 0 aliphatic heterocycles. The second-order valence-corrected chi connectivity index (χ2v) is 5.21. The molecule has 15 heavy (non-hydrogen) atoms. The van der Waals surface area contributed by atoms with Crippen molar-refractivity contribution in [3.8, 4) is 5.75 Å². The van der Waals surface area contributed by atoms with Gasteiger partial charge in [0.2, 0.25) is 5.03 Å². The molecule has 84 valence electrons. The fourth-order valence-electron chi connectivity index (χ4n) is 0.988. The van der Waals surface area contributed by atoms with Gasteiger partial charge in [-0.1, -0.05) is 0 Å². The van der Waals surface area contributed by atoms with E-state index in [1.165, 1.54) is 6.92 Å². The molecule has 0 fully saturated rings. The molecular formula is C7H6ClF2NO3S. The van der Waals surface area contributed by atoms with Crippen LogP contribution in [0, 0.1) is 6.92 Å². The van der Waals surface area contributed by atoms with E-state index in [0.717, 1.165) is 0 Å². The van der Waals surface area contributed by atoms with Gasteiger partial charge in [-0.15, -0.1) is 0 Å². The third-order valence-corrected chi connectivity index (χ3v) is 2.87. The van der Waals surface area contributed by atoms with Gasteiger partial charge in [-0.05, 0) is 13.0 Å². The van der Waals surface area contributed by atoms with E-state index in [1.807, 2.05) is 0 Å². The van der Waals surface area contributed by atoms with Crippen LogP contribution < -0.4 is 0 Å². The van der Waals surface area contributed by atoms with Gasteiger partial charge in [-0.25, -0.2) is 22.2 Å². The summed E-state index contributed by atoms with van der Waals surface area (Å²) in [7, 11) is 0.698. The largest absolute Gasteiger partial charge is 0.505 e. The smallest absolute Gasteiger partial charge is 0.282 e. The van der Waals surface area contributed by atoms with Crippen molar-refractivity contribution in [2.75, 3.05) is 0 Å². The first-order valence-electron chi connectivity index (χ1n) is 3.67. The molecule has 1 aromatic rings. The monoisotopic (exact) mass is 257 g/mol.